The van der Waals surface area contributed by atoms with Gasteiger partial charge >= 0.3 is 0 Å². The van der Waals surface area contributed by atoms with Crippen molar-refractivity contribution >= 4 is 27.9 Å². The highest BCUT2D eigenvalue weighted by Crippen LogP contribution is 2.22. The van der Waals surface area contributed by atoms with Crippen LogP contribution in [-0.2, 0) is 0 Å². The van der Waals surface area contributed by atoms with Gasteiger partial charge in [0.25, 0.3) is 0 Å². The monoisotopic (exact) mass is 264 g/mol. The zero-order valence-corrected chi connectivity index (χ0v) is 10.8. The largest absolute Gasteiger partial charge is 0.340 e. The van der Waals surface area contributed by atoms with Gasteiger partial charge in [-0.15, -0.1) is 0 Å². The molecule has 0 radical (unpaired) electrons. The molecule has 2 N–H and O–H groups in total. The third kappa shape index (κ3) is 1.55. The van der Waals surface area contributed by atoms with Gasteiger partial charge in [-0.2, -0.15) is 0 Å². The van der Waals surface area contributed by atoms with Gasteiger partial charge in [-0.1, -0.05) is 18.2 Å². The molecule has 0 saturated carbocycles. The Bertz CT molecular complexity index is 904. The lowest BCUT2D eigenvalue weighted by Crippen LogP contribution is -2.09. The Morgan fingerprint density at radius 2 is 2.05 bits per heavy atom. The smallest absolute Gasteiger partial charge is 0.182 e. The third-order valence-electron chi connectivity index (χ3n) is 3.36. The molecule has 0 unspecified atom stereocenters. The average molecular weight is 264 g/mol. The van der Waals surface area contributed by atoms with Crippen molar-refractivity contribution in [3.05, 3.63) is 48.7 Å². The Morgan fingerprint density at radius 3 is 3.00 bits per heavy atom. The number of hydrogen-bond donors (Lipinski definition) is 2. The van der Waals surface area contributed by atoms with Crippen molar-refractivity contribution < 1.29 is 0 Å². The molecule has 0 bridgehead atoms. The lowest BCUT2D eigenvalue weighted by Gasteiger charge is -2.08. The molecule has 3 heterocycles. The predicted molar refractivity (Wildman–Crippen MR) is 77.4 cm³/mol. The molecule has 98 valence electrons. The number of hydrogen-bond acceptors (Lipinski definition) is 4. The molecule has 3 aromatic heterocycles. The van der Waals surface area contributed by atoms with Crippen LogP contribution < -0.4 is 5.43 Å². The number of rotatable bonds is 2. The van der Waals surface area contributed by atoms with E-state index >= 15 is 0 Å². The highest BCUT2D eigenvalue weighted by atomic mass is 15.4. The number of para-hydroxylation sites is 1. The number of anilines is 1. The van der Waals surface area contributed by atoms with Crippen LogP contribution in [0.25, 0.3) is 22.1 Å². The molecular weight excluding hydrogens is 252 g/mol. The first-order valence-corrected chi connectivity index (χ1v) is 6.31. The van der Waals surface area contributed by atoms with E-state index in [2.05, 4.69) is 50.6 Å². The summed E-state index contributed by atoms with van der Waals surface area (Å²) in [4.78, 5) is 15.6. The van der Waals surface area contributed by atoms with E-state index in [1.54, 1.807) is 6.33 Å². The fourth-order valence-corrected chi connectivity index (χ4v) is 2.41. The summed E-state index contributed by atoms with van der Waals surface area (Å²) in [5.41, 5.74) is 7.05. The number of imidazole rings is 1. The minimum Gasteiger partial charge on any atom is -0.340 e. The van der Waals surface area contributed by atoms with E-state index in [0.717, 1.165) is 11.0 Å². The predicted octanol–water partition coefficient (Wildman–Crippen LogP) is 2.49. The van der Waals surface area contributed by atoms with E-state index in [1.165, 1.54) is 17.3 Å². The van der Waals surface area contributed by atoms with E-state index in [0.29, 0.717) is 11.5 Å². The molecule has 0 fully saturated rings. The molecule has 0 aliphatic rings. The fraction of sp³-hybridized carbons (Fsp3) is 0.0714. The molecule has 1 aromatic carbocycles. The second-order valence-corrected chi connectivity index (χ2v) is 4.63. The number of fused-ring (bicyclic) bond motifs is 2. The standard InChI is InChI=1S/C14H12N6/c1-9-6-20(11-5-3-2-4-10(9)11)19-14-12-13(16-7-15-12)17-8-18-14/h2-8H,1H3,(H2,15,16,17,18,19). The molecule has 4 aromatic rings. The van der Waals surface area contributed by atoms with Crippen molar-refractivity contribution in [2.24, 2.45) is 0 Å². The lowest BCUT2D eigenvalue weighted by molar-refractivity contribution is 0.983. The van der Waals surface area contributed by atoms with Crippen molar-refractivity contribution in [1.82, 2.24) is 24.6 Å². The van der Waals surface area contributed by atoms with Crippen molar-refractivity contribution in [3.63, 3.8) is 0 Å². The van der Waals surface area contributed by atoms with E-state index in [4.69, 9.17) is 0 Å². The fourth-order valence-electron chi connectivity index (χ4n) is 2.41. The summed E-state index contributed by atoms with van der Waals surface area (Å²) in [7, 11) is 0. The highest BCUT2D eigenvalue weighted by molar-refractivity contribution is 5.86. The molecule has 0 saturated heterocycles. The number of nitrogens with zero attached hydrogens (tertiary/aromatic N) is 4. The topological polar surface area (TPSA) is 71.4 Å². The third-order valence-corrected chi connectivity index (χ3v) is 3.36. The summed E-state index contributed by atoms with van der Waals surface area (Å²) in [5.74, 6) is 0.702. The van der Waals surface area contributed by atoms with Crippen molar-refractivity contribution in [2.75, 3.05) is 5.43 Å². The zero-order chi connectivity index (χ0) is 13.5. The van der Waals surface area contributed by atoms with Crippen molar-refractivity contribution in [1.29, 1.82) is 0 Å². The maximum absolute atomic E-state index is 4.28. The zero-order valence-electron chi connectivity index (χ0n) is 10.8. The minimum atomic E-state index is 0.649. The maximum Gasteiger partial charge on any atom is 0.182 e. The number of benzene rings is 1. The van der Waals surface area contributed by atoms with Gasteiger partial charge in [-0.3, -0.25) is 10.1 Å². The minimum absolute atomic E-state index is 0.649. The van der Waals surface area contributed by atoms with Crippen LogP contribution in [-0.4, -0.2) is 24.6 Å². The number of aromatic amines is 1. The first kappa shape index (κ1) is 11.0. The summed E-state index contributed by atoms with van der Waals surface area (Å²) in [6.45, 7) is 2.09. The second-order valence-electron chi connectivity index (χ2n) is 4.63. The van der Waals surface area contributed by atoms with Crippen LogP contribution in [0.5, 0.6) is 0 Å². The summed E-state index contributed by atoms with van der Waals surface area (Å²) < 4.78 is 1.97. The van der Waals surface area contributed by atoms with Crippen LogP contribution in [0.3, 0.4) is 0 Å². The summed E-state index contributed by atoms with van der Waals surface area (Å²) in [5, 5.41) is 1.22. The first-order valence-electron chi connectivity index (χ1n) is 6.31. The molecule has 4 rings (SSSR count). The van der Waals surface area contributed by atoms with Gasteiger partial charge in [-0.05, 0) is 18.6 Å². The van der Waals surface area contributed by atoms with E-state index in [9.17, 15) is 0 Å². The quantitative estimate of drug-likeness (QED) is 0.583. The van der Waals surface area contributed by atoms with Gasteiger partial charge in [-0.25, -0.2) is 15.0 Å². The van der Waals surface area contributed by atoms with Gasteiger partial charge in [0.05, 0.1) is 11.8 Å². The SMILES string of the molecule is Cc1cn(Nc2ncnc3nc[nH]c23)c2ccccc12. The van der Waals surface area contributed by atoms with Crippen LogP contribution in [0.15, 0.2) is 43.1 Å². The van der Waals surface area contributed by atoms with Gasteiger partial charge in [0.1, 0.15) is 11.8 Å². The van der Waals surface area contributed by atoms with Crippen LogP contribution in [0, 0.1) is 6.92 Å². The van der Waals surface area contributed by atoms with Gasteiger partial charge < -0.3 is 4.98 Å². The first-order chi connectivity index (χ1) is 9.83. The summed E-state index contributed by atoms with van der Waals surface area (Å²) in [6.07, 6.45) is 5.17. The normalized spacial score (nSPS) is 11.2. The van der Waals surface area contributed by atoms with E-state index in [-0.39, 0.29) is 0 Å². The number of aromatic nitrogens is 5. The van der Waals surface area contributed by atoms with Crippen molar-refractivity contribution in [3.8, 4) is 0 Å². The molecule has 20 heavy (non-hydrogen) atoms. The van der Waals surface area contributed by atoms with Gasteiger partial charge in [0, 0.05) is 11.6 Å². The maximum atomic E-state index is 4.28. The van der Waals surface area contributed by atoms with Crippen LogP contribution in [0.1, 0.15) is 5.56 Å². The molecule has 6 heteroatoms. The van der Waals surface area contributed by atoms with Gasteiger partial charge in [0.15, 0.2) is 11.5 Å². The molecular formula is C14H12N6. The van der Waals surface area contributed by atoms with Crippen LogP contribution in [0.2, 0.25) is 0 Å². The second kappa shape index (κ2) is 4.06. The highest BCUT2D eigenvalue weighted by Gasteiger charge is 2.08. The molecule has 6 nitrogen and oxygen atoms in total. The lowest BCUT2D eigenvalue weighted by atomic mass is 10.2. The summed E-state index contributed by atoms with van der Waals surface area (Å²) >= 11 is 0. The van der Waals surface area contributed by atoms with E-state index < -0.39 is 0 Å². The van der Waals surface area contributed by atoms with Crippen LogP contribution >= 0.6 is 0 Å². The number of H-pyrrole nitrogens is 1. The molecule has 0 aliphatic carbocycles. The Morgan fingerprint density at radius 1 is 1.15 bits per heavy atom. The van der Waals surface area contributed by atoms with Gasteiger partial charge in [0.2, 0.25) is 0 Å². The Hall–Kier alpha value is -2.89. The Kier molecular flexibility index (Phi) is 2.23. The summed E-state index contributed by atoms with van der Waals surface area (Å²) in [6, 6.07) is 8.23. The van der Waals surface area contributed by atoms with Crippen molar-refractivity contribution in [2.45, 2.75) is 6.92 Å². The number of aryl methyl sites for hydroxylation is 1. The average Bonchev–Trinajstić information content (AvgIpc) is 3.06. The van der Waals surface area contributed by atoms with Crippen LogP contribution in [0.4, 0.5) is 5.82 Å². The Labute approximate surface area is 114 Å². The molecule has 0 amide bonds. The number of nitrogens with one attached hydrogen (secondary N) is 2. The molecule has 0 atom stereocenters. The molecule has 0 spiro atoms. The Balaban J connectivity index is 1.87. The van der Waals surface area contributed by atoms with E-state index in [1.807, 2.05) is 16.8 Å². The molecule has 0 aliphatic heterocycles.